The Morgan fingerprint density at radius 2 is 0.875 bits per heavy atom. The van der Waals surface area contributed by atoms with Gasteiger partial charge in [0.2, 0.25) is 0 Å². The molecule has 0 aromatic rings. The first-order chi connectivity index (χ1) is 23.4. The highest BCUT2D eigenvalue weighted by Gasteiger charge is 2.12. The van der Waals surface area contributed by atoms with Gasteiger partial charge < -0.3 is 24.8 Å². The van der Waals surface area contributed by atoms with Crippen LogP contribution in [0.1, 0.15) is 168 Å². The highest BCUT2D eigenvalue weighted by molar-refractivity contribution is 5.69. The molecule has 3 N–H and O–H groups in total. The number of aliphatic hydroxyl groups excluding tert-OH is 3. The zero-order valence-corrected chi connectivity index (χ0v) is 30.7. The Morgan fingerprint density at radius 1 is 0.500 bits per heavy atom. The summed E-state index contributed by atoms with van der Waals surface area (Å²) in [6, 6.07) is 0. The third-order valence-electron chi connectivity index (χ3n) is 8.28. The predicted octanol–water partition coefficient (Wildman–Crippen LogP) is 9.78. The highest BCUT2D eigenvalue weighted by atomic mass is 16.6. The molecule has 0 unspecified atom stereocenters. The van der Waals surface area contributed by atoms with Gasteiger partial charge >= 0.3 is 11.9 Å². The molecule has 0 spiro atoms. The van der Waals surface area contributed by atoms with Crippen molar-refractivity contribution < 1.29 is 34.4 Å². The summed E-state index contributed by atoms with van der Waals surface area (Å²) in [4.78, 5) is 23.9. The molecule has 0 fully saturated rings. The largest absolute Gasteiger partial charge is 0.463 e. The van der Waals surface area contributed by atoms with Gasteiger partial charge in [0.15, 0.2) is 0 Å². The molecule has 0 aromatic heterocycles. The molecule has 0 amide bonds. The first-order valence-corrected chi connectivity index (χ1v) is 19.4. The van der Waals surface area contributed by atoms with Crippen LogP contribution < -0.4 is 0 Å². The first-order valence-electron chi connectivity index (χ1n) is 19.4. The van der Waals surface area contributed by atoms with Crippen molar-refractivity contribution in [3.63, 3.8) is 0 Å². The summed E-state index contributed by atoms with van der Waals surface area (Å²) in [5.74, 6) is -0.784. The second-order valence-corrected chi connectivity index (χ2v) is 13.1. The van der Waals surface area contributed by atoms with E-state index >= 15 is 0 Å². The molecule has 0 rings (SSSR count). The number of aliphatic hydroxyl groups is 3. The van der Waals surface area contributed by atoms with Crippen molar-refractivity contribution in [3.8, 4) is 0 Å². The Hall–Kier alpha value is -2.22. The maximum atomic E-state index is 12.0. The molecule has 0 saturated heterocycles. The lowest BCUT2D eigenvalue weighted by atomic mass is 10.0. The molecule has 0 radical (unpaired) electrons. The Morgan fingerprint density at radius 3 is 1.33 bits per heavy atom. The van der Waals surface area contributed by atoms with Crippen LogP contribution in [0.25, 0.3) is 0 Å². The topological polar surface area (TPSA) is 113 Å². The maximum absolute atomic E-state index is 12.0. The van der Waals surface area contributed by atoms with Gasteiger partial charge in [-0.3, -0.25) is 9.59 Å². The molecule has 0 aliphatic rings. The molecule has 7 heteroatoms. The lowest BCUT2D eigenvalue weighted by molar-refractivity contribution is -0.152. The van der Waals surface area contributed by atoms with Crippen LogP contribution >= 0.6 is 0 Å². The second-order valence-electron chi connectivity index (χ2n) is 13.1. The molecule has 0 aliphatic heterocycles. The minimum absolute atomic E-state index is 0.137. The molecule has 0 heterocycles. The van der Waals surface area contributed by atoms with Gasteiger partial charge in [0.25, 0.3) is 0 Å². The van der Waals surface area contributed by atoms with Crippen LogP contribution in [-0.2, 0) is 19.1 Å². The van der Waals surface area contributed by atoms with Crippen molar-refractivity contribution in [2.75, 3.05) is 13.2 Å². The second kappa shape index (κ2) is 36.1. The fourth-order valence-corrected chi connectivity index (χ4v) is 5.24. The van der Waals surface area contributed by atoms with Gasteiger partial charge in [-0.05, 0) is 32.1 Å². The number of hydrogen-bond acceptors (Lipinski definition) is 7. The van der Waals surface area contributed by atoms with Crippen molar-refractivity contribution in [2.45, 2.75) is 186 Å². The fourth-order valence-electron chi connectivity index (χ4n) is 5.24. The summed E-state index contributed by atoms with van der Waals surface area (Å²) in [7, 11) is 0. The summed E-state index contributed by atoms with van der Waals surface area (Å²) < 4.78 is 10.2. The van der Waals surface area contributed by atoms with Gasteiger partial charge in [-0.15, -0.1) is 0 Å². The number of unbranched alkanes of at least 4 members (excludes halogenated alkanes) is 16. The summed E-state index contributed by atoms with van der Waals surface area (Å²) >= 11 is 0. The van der Waals surface area contributed by atoms with Crippen molar-refractivity contribution >= 4 is 11.9 Å². The summed E-state index contributed by atoms with van der Waals surface area (Å²) in [5.41, 5.74) is 0. The van der Waals surface area contributed by atoms with E-state index in [1.807, 2.05) is 36.5 Å². The molecular formula is C41H72O7. The minimum Gasteiger partial charge on any atom is -0.463 e. The smallest absolute Gasteiger partial charge is 0.305 e. The van der Waals surface area contributed by atoms with Gasteiger partial charge in [-0.25, -0.2) is 0 Å². The van der Waals surface area contributed by atoms with Crippen LogP contribution in [0.3, 0.4) is 0 Å². The Labute approximate surface area is 294 Å². The first kappa shape index (κ1) is 45.8. The number of ether oxygens (including phenoxy) is 2. The predicted molar refractivity (Wildman–Crippen MR) is 199 cm³/mol. The van der Waals surface area contributed by atoms with E-state index in [0.29, 0.717) is 19.3 Å². The fraction of sp³-hybridized carbons (Fsp3) is 0.756. The summed E-state index contributed by atoms with van der Waals surface area (Å²) in [6.45, 7) is 4.00. The van der Waals surface area contributed by atoms with E-state index in [2.05, 4.69) is 13.8 Å². The van der Waals surface area contributed by atoms with Gasteiger partial charge in [-0.2, -0.15) is 0 Å². The lowest BCUT2D eigenvalue weighted by Gasteiger charge is -2.12. The molecule has 278 valence electrons. The van der Waals surface area contributed by atoms with Gasteiger partial charge in [0.1, 0.15) is 19.3 Å². The lowest BCUT2D eigenvalue weighted by Crippen LogP contribution is -2.25. The monoisotopic (exact) mass is 677 g/mol. The van der Waals surface area contributed by atoms with Crippen molar-refractivity contribution in [2.24, 2.45) is 0 Å². The highest BCUT2D eigenvalue weighted by Crippen LogP contribution is 2.14. The number of allylic oxidation sites excluding steroid dienone is 6. The average Bonchev–Trinajstić information content (AvgIpc) is 3.07. The molecule has 0 bridgehead atoms. The number of rotatable bonds is 34. The van der Waals surface area contributed by atoms with E-state index in [9.17, 15) is 24.9 Å². The normalized spacial score (nSPS) is 14.0. The Kier molecular flexibility index (Phi) is 34.4. The number of hydrogen-bond donors (Lipinski definition) is 3. The SMILES string of the molecule is CCCCCCCCCCCCCCCCCC(=O)OC[C@H](O)COC(=O)CCC[C@@H](O)/C=C/C=C\C/C=C\C=C\[C@@H](O)CCCCC. The van der Waals surface area contributed by atoms with Gasteiger partial charge in [0.05, 0.1) is 12.2 Å². The van der Waals surface area contributed by atoms with Crippen LogP contribution in [0.2, 0.25) is 0 Å². The van der Waals surface area contributed by atoms with Gasteiger partial charge in [0, 0.05) is 12.8 Å². The maximum Gasteiger partial charge on any atom is 0.305 e. The van der Waals surface area contributed by atoms with Crippen molar-refractivity contribution in [1.29, 1.82) is 0 Å². The zero-order valence-electron chi connectivity index (χ0n) is 30.7. The zero-order chi connectivity index (χ0) is 35.3. The third-order valence-corrected chi connectivity index (χ3v) is 8.28. The van der Waals surface area contributed by atoms with Crippen LogP contribution in [0.5, 0.6) is 0 Å². The van der Waals surface area contributed by atoms with E-state index in [1.165, 1.54) is 77.0 Å². The van der Waals surface area contributed by atoms with Crippen LogP contribution in [-0.4, -0.2) is 58.8 Å². The number of esters is 2. The Bertz CT molecular complexity index is 848. The van der Waals surface area contributed by atoms with E-state index in [4.69, 9.17) is 9.47 Å². The minimum atomic E-state index is -1.05. The van der Waals surface area contributed by atoms with E-state index in [0.717, 1.165) is 51.4 Å². The standard InChI is InChI=1S/C41H72O7/c1-3-5-7-8-9-10-11-12-13-14-15-16-20-23-27-33-40(45)47-35-39(44)36-48-41(46)34-28-32-38(43)31-26-22-19-17-18-21-25-30-37(42)29-24-6-4-2/h18-19,21-22,25-26,30-31,37-39,42-44H,3-17,20,23-24,27-29,32-36H2,1-2H3/b21-18-,22-19-,30-25+,31-26+/t37-,38-,39-/m0/s1. The average molecular weight is 677 g/mol. The number of carbonyl (C=O) groups excluding carboxylic acids is 2. The van der Waals surface area contributed by atoms with Gasteiger partial charge in [-0.1, -0.05) is 172 Å². The molecular weight excluding hydrogens is 604 g/mol. The van der Waals surface area contributed by atoms with Crippen molar-refractivity contribution in [3.05, 3.63) is 48.6 Å². The van der Waals surface area contributed by atoms with Crippen molar-refractivity contribution in [1.82, 2.24) is 0 Å². The molecule has 0 aliphatic carbocycles. The Balaban J connectivity index is 3.68. The molecule has 3 atom stereocenters. The molecule has 48 heavy (non-hydrogen) atoms. The van der Waals surface area contributed by atoms with Crippen LogP contribution in [0.4, 0.5) is 0 Å². The summed E-state index contributed by atoms with van der Waals surface area (Å²) in [6.07, 6.45) is 38.1. The van der Waals surface area contributed by atoms with E-state index in [-0.39, 0.29) is 31.7 Å². The van der Waals surface area contributed by atoms with Crippen LogP contribution in [0, 0.1) is 0 Å². The summed E-state index contributed by atoms with van der Waals surface area (Å²) in [5, 5.41) is 29.9. The quantitative estimate of drug-likeness (QED) is 0.0353. The molecule has 0 aromatic carbocycles. The molecule has 0 saturated carbocycles. The van der Waals surface area contributed by atoms with Crippen LogP contribution in [0.15, 0.2) is 48.6 Å². The van der Waals surface area contributed by atoms with E-state index in [1.54, 1.807) is 12.2 Å². The third kappa shape index (κ3) is 35.1. The molecule has 7 nitrogen and oxygen atoms in total. The van der Waals surface area contributed by atoms with E-state index < -0.39 is 18.2 Å². The number of carbonyl (C=O) groups is 2.